The number of rotatable bonds is 2. The quantitative estimate of drug-likeness (QED) is 0.909. The Hall–Kier alpha value is -1.30. The summed E-state index contributed by atoms with van der Waals surface area (Å²) < 4.78 is 1.16. The predicted octanol–water partition coefficient (Wildman–Crippen LogP) is 3.43. The minimum absolute atomic E-state index is 0.696. The summed E-state index contributed by atoms with van der Waals surface area (Å²) in [5, 5.41) is 11.9. The van der Waals surface area contributed by atoms with Gasteiger partial charge >= 0.3 is 0 Å². The van der Waals surface area contributed by atoms with E-state index in [4.69, 9.17) is 9.98 Å². The van der Waals surface area contributed by atoms with Crippen molar-refractivity contribution in [1.82, 2.24) is 9.88 Å². The lowest BCUT2D eigenvalue weighted by Crippen LogP contribution is -2.40. The zero-order valence-electron chi connectivity index (χ0n) is 14.5. The number of aromatic nitrogens is 1. The van der Waals surface area contributed by atoms with Gasteiger partial charge in [-0.1, -0.05) is 13.0 Å². The molecule has 4 rings (SSSR count). The first-order valence-electron chi connectivity index (χ1n) is 8.89. The van der Waals surface area contributed by atoms with Crippen LogP contribution >= 0.6 is 11.3 Å². The molecular formula is C19H25N3OS. The van der Waals surface area contributed by atoms with E-state index in [0.29, 0.717) is 5.92 Å². The third-order valence-electron chi connectivity index (χ3n) is 5.40. The number of aliphatic hydroxyl groups is 1. The molecule has 1 saturated heterocycles. The van der Waals surface area contributed by atoms with E-state index in [9.17, 15) is 5.11 Å². The molecular weight excluding hydrogens is 318 g/mol. The molecule has 0 aliphatic carbocycles. The van der Waals surface area contributed by atoms with Crippen LogP contribution in [0.1, 0.15) is 43.2 Å². The SMILES string of the molecule is CC1CCC(c2ccc3sc(C4(O)CCN(C)CC4)nc3c2)=NC1. The number of hydrogen-bond donors (Lipinski definition) is 1. The number of nitrogens with zero attached hydrogens (tertiary/aromatic N) is 3. The van der Waals surface area contributed by atoms with E-state index in [1.54, 1.807) is 11.3 Å². The van der Waals surface area contributed by atoms with Crippen LogP contribution in [0.2, 0.25) is 0 Å². The largest absolute Gasteiger partial charge is 0.383 e. The van der Waals surface area contributed by atoms with Crippen molar-refractivity contribution in [2.45, 2.75) is 38.2 Å². The van der Waals surface area contributed by atoms with E-state index in [-0.39, 0.29) is 0 Å². The van der Waals surface area contributed by atoms with Gasteiger partial charge < -0.3 is 10.0 Å². The lowest BCUT2D eigenvalue weighted by atomic mass is 9.92. The normalized spacial score (nSPS) is 25.0. The first-order chi connectivity index (χ1) is 11.5. The molecule has 3 heterocycles. The highest BCUT2D eigenvalue weighted by molar-refractivity contribution is 7.18. The number of likely N-dealkylation sites (tertiary alicyclic amines) is 1. The fourth-order valence-electron chi connectivity index (χ4n) is 3.56. The molecule has 1 aromatic heterocycles. The molecule has 1 aromatic carbocycles. The molecule has 4 nitrogen and oxygen atoms in total. The van der Waals surface area contributed by atoms with E-state index >= 15 is 0 Å². The monoisotopic (exact) mass is 343 g/mol. The van der Waals surface area contributed by atoms with Crippen molar-refractivity contribution in [2.24, 2.45) is 10.9 Å². The second-order valence-corrected chi connectivity index (χ2v) is 8.50. The van der Waals surface area contributed by atoms with Gasteiger partial charge in [-0.3, -0.25) is 4.99 Å². The smallest absolute Gasteiger partial charge is 0.126 e. The second kappa shape index (κ2) is 6.21. The van der Waals surface area contributed by atoms with Gasteiger partial charge in [0.15, 0.2) is 0 Å². The Balaban J connectivity index is 1.64. The minimum atomic E-state index is -0.756. The van der Waals surface area contributed by atoms with Crippen LogP contribution in [0, 0.1) is 5.92 Å². The maximum absolute atomic E-state index is 11.0. The summed E-state index contributed by atoms with van der Waals surface area (Å²) in [5.41, 5.74) is 2.65. The summed E-state index contributed by atoms with van der Waals surface area (Å²) >= 11 is 1.64. The summed E-state index contributed by atoms with van der Waals surface area (Å²) in [6.45, 7) is 5.04. The van der Waals surface area contributed by atoms with Gasteiger partial charge in [0.05, 0.1) is 10.2 Å². The molecule has 5 heteroatoms. The second-order valence-electron chi connectivity index (χ2n) is 7.47. The van der Waals surface area contributed by atoms with E-state index < -0.39 is 5.60 Å². The van der Waals surface area contributed by atoms with Crippen LogP contribution in [0.15, 0.2) is 23.2 Å². The molecule has 2 aliphatic heterocycles. The van der Waals surface area contributed by atoms with Gasteiger partial charge in [0.25, 0.3) is 0 Å². The lowest BCUT2D eigenvalue weighted by Gasteiger charge is -2.34. The highest BCUT2D eigenvalue weighted by Gasteiger charge is 2.36. The van der Waals surface area contributed by atoms with Crippen LogP contribution in [-0.4, -0.2) is 47.4 Å². The van der Waals surface area contributed by atoms with Crippen LogP contribution in [0.3, 0.4) is 0 Å². The Kier molecular flexibility index (Phi) is 4.19. The fraction of sp³-hybridized carbons (Fsp3) is 0.579. The number of benzene rings is 1. The molecule has 0 radical (unpaired) electrons. The van der Waals surface area contributed by atoms with E-state index in [1.165, 1.54) is 17.7 Å². The Morgan fingerprint density at radius 2 is 2.08 bits per heavy atom. The summed E-state index contributed by atoms with van der Waals surface area (Å²) in [6.07, 6.45) is 3.80. The molecule has 0 saturated carbocycles. The van der Waals surface area contributed by atoms with Crippen molar-refractivity contribution in [3.05, 3.63) is 28.8 Å². The Morgan fingerprint density at radius 3 is 2.79 bits per heavy atom. The van der Waals surface area contributed by atoms with Crippen LogP contribution in [0.25, 0.3) is 10.2 Å². The third-order valence-corrected chi connectivity index (χ3v) is 6.63. The summed E-state index contributed by atoms with van der Waals surface area (Å²) in [4.78, 5) is 11.8. The minimum Gasteiger partial charge on any atom is -0.383 e. The molecule has 1 atom stereocenters. The maximum atomic E-state index is 11.0. The molecule has 24 heavy (non-hydrogen) atoms. The molecule has 0 bridgehead atoms. The molecule has 128 valence electrons. The Labute approximate surface area is 147 Å². The van der Waals surface area contributed by atoms with Crippen molar-refractivity contribution in [3.63, 3.8) is 0 Å². The van der Waals surface area contributed by atoms with E-state index in [1.807, 2.05) is 0 Å². The number of thiazole rings is 1. The molecule has 1 N–H and O–H groups in total. The van der Waals surface area contributed by atoms with Gasteiger partial charge in [-0.25, -0.2) is 4.98 Å². The topological polar surface area (TPSA) is 48.7 Å². The van der Waals surface area contributed by atoms with E-state index in [2.05, 4.69) is 37.1 Å². The molecule has 2 aromatic rings. The summed E-state index contributed by atoms with van der Waals surface area (Å²) in [7, 11) is 2.11. The standard InChI is InChI=1S/C19H25N3OS/c1-13-3-5-15(20-12-13)14-4-6-17-16(11-14)21-18(24-17)19(23)7-9-22(2)10-8-19/h4,6,11,13,23H,3,5,7-10,12H2,1-2H3. The number of aliphatic imine (C=N–C) groups is 1. The summed E-state index contributed by atoms with van der Waals surface area (Å²) in [6, 6.07) is 6.46. The maximum Gasteiger partial charge on any atom is 0.126 e. The van der Waals surface area contributed by atoms with Gasteiger partial charge in [0.2, 0.25) is 0 Å². The van der Waals surface area contributed by atoms with Gasteiger partial charge in [-0.05, 0) is 56.3 Å². The average Bonchev–Trinajstić information content (AvgIpc) is 3.02. The van der Waals surface area contributed by atoms with Crippen molar-refractivity contribution in [3.8, 4) is 0 Å². The van der Waals surface area contributed by atoms with Crippen molar-refractivity contribution < 1.29 is 5.11 Å². The average molecular weight is 343 g/mol. The number of piperidine rings is 1. The third kappa shape index (κ3) is 3.01. The van der Waals surface area contributed by atoms with Crippen LogP contribution in [0.4, 0.5) is 0 Å². The molecule has 1 fully saturated rings. The van der Waals surface area contributed by atoms with Gasteiger partial charge in [-0.15, -0.1) is 11.3 Å². The van der Waals surface area contributed by atoms with Crippen LogP contribution < -0.4 is 0 Å². The van der Waals surface area contributed by atoms with Gasteiger partial charge in [-0.2, -0.15) is 0 Å². The Bertz CT molecular complexity index is 774. The Morgan fingerprint density at radius 1 is 1.29 bits per heavy atom. The van der Waals surface area contributed by atoms with Gasteiger partial charge in [0.1, 0.15) is 10.6 Å². The van der Waals surface area contributed by atoms with Gasteiger partial charge in [0, 0.05) is 25.3 Å². The number of hydrogen-bond acceptors (Lipinski definition) is 5. The zero-order valence-corrected chi connectivity index (χ0v) is 15.3. The molecule has 1 unspecified atom stereocenters. The van der Waals surface area contributed by atoms with Crippen LogP contribution in [-0.2, 0) is 5.60 Å². The van der Waals surface area contributed by atoms with Crippen molar-refractivity contribution >= 4 is 27.3 Å². The first kappa shape index (κ1) is 16.2. The van der Waals surface area contributed by atoms with Crippen LogP contribution in [0.5, 0.6) is 0 Å². The fourth-order valence-corrected chi connectivity index (χ4v) is 4.66. The highest BCUT2D eigenvalue weighted by Crippen LogP contribution is 2.37. The van der Waals surface area contributed by atoms with Crippen molar-refractivity contribution in [2.75, 3.05) is 26.7 Å². The first-order valence-corrected chi connectivity index (χ1v) is 9.71. The number of fused-ring (bicyclic) bond motifs is 1. The molecule has 0 amide bonds. The highest BCUT2D eigenvalue weighted by atomic mass is 32.1. The van der Waals surface area contributed by atoms with Crippen molar-refractivity contribution in [1.29, 1.82) is 0 Å². The zero-order chi connectivity index (χ0) is 16.7. The summed E-state index contributed by atoms with van der Waals surface area (Å²) in [5.74, 6) is 0.696. The molecule has 2 aliphatic rings. The predicted molar refractivity (Wildman–Crippen MR) is 100 cm³/mol. The van der Waals surface area contributed by atoms with E-state index in [0.717, 1.165) is 54.1 Å². The molecule has 0 spiro atoms. The lowest BCUT2D eigenvalue weighted by molar-refractivity contribution is -0.0202.